The fourth-order valence-corrected chi connectivity index (χ4v) is 3.05. The molecular weight excluding hydrogens is 292 g/mol. The second kappa shape index (κ2) is 5.89. The quantitative estimate of drug-likeness (QED) is 0.720. The van der Waals surface area contributed by atoms with Gasteiger partial charge in [-0.3, -0.25) is 0 Å². The molecule has 0 radical (unpaired) electrons. The number of hydrogen-bond donors (Lipinski definition) is 0. The first-order chi connectivity index (χ1) is 9.76. The van der Waals surface area contributed by atoms with Gasteiger partial charge in [-0.15, -0.1) is 10.2 Å². The summed E-state index contributed by atoms with van der Waals surface area (Å²) < 4.78 is 1.88. The van der Waals surface area contributed by atoms with E-state index in [9.17, 15) is 0 Å². The summed E-state index contributed by atoms with van der Waals surface area (Å²) >= 11 is 7.49. The summed E-state index contributed by atoms with van der Waals surface area (Å²) in [4.78, 5) is 0.875. The SMILES string of the molecule is CCCCc1nnc2sc(Cc3ccc(Cl)cc3)nn12. The van der Waals surface area contributed by atoms with Gasteiger partial charge in [-0.2, -0.15) is 9.61 Å². The molecule has 0 saturated heterocycles. The van der Waals surface area contributed by atoms with Crippen LogP contribution in [-0.2, 0) is 12.8 Å². The van der Waals surface area contributed by atoms with E-state index in [-0.39, 0.29) is 0 Å². The van der Waals surface area contributed by atoms with Gasteiger partial charge in [-0.25, -0.2) is 0 Å². The summed E-state index contributed by atoms with van der Waals surface area (Å²) in [5.41, 5.74) is 1.20. The van der Waals surface area contributed by atoms with Crippen molar-refractivity contribution >= 4 is 27.9 Å². The normalized spacial score (nSPS) is 11.3. The topological polar surface area (TPSA) is 43.1 Å². The Balaban J connectivity index is 1.82. The fourth-order valence-electron chi connectivity index (χ4n) is 2.04. The van der Waals surface area contributed by atoms with Gasteiger partial charge in [0, 0.05) is 17.9 Å². The monoisotopic (exact) mass is 306 g/mol. The minimum atomic E-state index is 0.758. The van der Waals surface area contributed by atoms with Crippen molar-refractivity contribution in [3.05, 3.63) is 45.7 Å². The van der Waals surface area contributed by atoms with Crippen LogP contribution in [0.1, 0.15) is 36.2 Å². The van der Waals surface area contributed by atoms with Crippen LogP contribution in [0.15, 0.2) is 24.3 Å². The van der Waals surface area contributed by atoms with E-state index in [1.807, 2.05) is 28.8 Å². The molecule has 0 saturated carbocycles. The van der Waals surface area contributed by atoms with Crippen LogP contribution >= 0.6 is 22.9 Å². The van der Waals surface area contributed by atoms with Crippen molar-refractivity contribution in [2.75, 3.05) is 0 Å². The van der Waals surface area contributed by atoms with Crippen LogP contribution < -0.4 is 0 Å². The molecule has 4 nitrogen and oxygen atoms in total. The number of aromatic nitrogens is 4. The summed E-state index contributed by atoms with van der Waals surface area (Å²) in [6.07, 6.45) is 4.00. The first-order valence-corrected chi connectivity index (χ1v) is 7.90. The van der Waals surface area contributed by atoms with E-state index >= 15 is 0 Å². The summed E-state index contributed by atoms with van der Waals surface area (Å²) in [6, 6.07) is 7.87. The molecule has 0 unspecified atom stereocenters. The Hall–Kier alpha value is -1.46. The second-order valence-electron chi connectivity index (χ2n) is 4.71. The summed E-state index contributed by atoms with van der Waals surface area (Å²) in [7, 11) is 0. The Morgan fingerprint density at radius 3 is 2.75 bits per heavy atom. The lowest BCUT2D eigenvalue weighted by molar-refractivity contribution is 0.718. The smallest absolute Gasteiger partial charge is 0.187 e. The Labute approximate surface area is 126 Å². The first-order valence-electron chi connectivity index (χ1n) is 6.70. The van der Waals surface area contributed by atoms with Crippen LogP contribution in [0.25, 0.3) is 4.96 Å². The van der Waals surface area contributed by atoms with Crippen LogP contribution in [0.4, 0.5) is 0 Å². The molecule has 0 N–H and O–H groups in total. The number of rotatable bonds is 5. The van der Waals surface area contributed by atoms with Crippen LogP contribution in [-0.4, -0.2) is 19.8 Å². The van der Waals surface area contributed by atoms with E-state index in [0.717, 1.165) is 46.5 Å². The molecule has 6 heteroatoms. The predicted octanol–water partition coefficient (Wildman–Crippen LogP) is 3.77. The van der Waals surface area contributed by atoms with Crippen LogP contribution in [0.3, 0.4) is 0 Å². The molecule has 1 aromatic carbocycles. The van der Waals surface area contributed by atoms with Gasteiger partial charge in [0.25, 0.3) is 0 Å². The maximum Gasteiger partial charge on any atom is 0.234 e. The van der Waals surface area contributed by atoms with Gasteiger partial charge in [0.1, 0.15) is 5.01 Å². The van der Waals surface area contributed by atoms with Gasteiger partial charge in [-0.05, 0) is 24.1 Å². The zero-order valence-corrected chi connectivity index (χ0v) is 12.8. The van der Waals surface area contributed by atoms with Crippen LogP contribution in [0, 0.1) is 0 Å². The third-order valence-corrected chi connectivity index (χ3v) is 4.27. The third kappa shape index (κ3) is 2.83. The van der Waals surface area contributed by atoms with Gasteiger partial charge < -0.3 is 0 Å². The molecule has 0 aliphatic heterocycles. The lowest BCUT2D eigenvalue weighted by Crippen LogP contribution is -1.97. The molecule has 0 amide bonds. The number of hydrogen-bond acceptors (Lipinski definition) is 4. The number of nitrogens with zero attached hydrogens (tertiary/aromatic N) is 4. The molecule has 2 heterocycles. The van der Waals surface area contributed by atoms with Crippen molar-refractivity contribution in [3.63, 3.8) is 0 Å². The number of aryl methyl sites for hydroxylation is 1. The minimum absolute atomic E-state index is 0.758. The van der Waals surface area contributed by atoms with E-state index in [1.54, 1.807) is 11.3 Å². The highest BCUT2D eigenvalue weighted by Gasteiger charge is 2.11. The van der Waals surface area contributed by atoms with Gasteiger partial charge in [0.15, 0.2) is 5.82 Å². The summed E-state index contributed by atoms with van der Waals surface area (Å²) in [5, 5.41) is 14.8. The van der Waals surface area contributed by atoms with Crippen molar-refractivity contribution in [1.82, 2.24) is 19.8 Å². The van der Waals surface area contributed by atoms with Gasteiger partial charge in [0.05, 0.1) is 0 Å². The summed E-state index contributed by atoms with van der Waals surface area (Å²) in [5.74, 6) is 0.959. The van der Waals surface area contributed by atoms with Crippen molar-refractivity contribution in [2.24, 2.45) is 0 Å². The largest absolute Gasteiger partial charge is 0.234 e. The highest BCUT2D eigenvalue weighted by atomic mass is 35.5. The standard InChI is InChI=1S/C14H15ClN4S/c1-2-3-4-12-16-17-14-19(12)18-13(20-14)9-10-5-7-11(15)8-6-10/h5-8H,2-4,9H2,1H3. The lowest BCUT2D eigenvalue weighted by Gasteiger charge is -1.97. The third-order valence-electron chi connectivity index (χ3n) is 3.12. The Morgan fingerprint density at radius 1 is 1.20 bits per heavy atom. The molecule has 2 aromatic heterocycles. The van der Waals surface area contributed by atoms with Gasteiger partial charge in [-0.1, -0.05) is 48.4 Å². The maximum atomic E-state index is 5.90. The second-order valence-corrected chi connectivity index (χ2v) is 6.19. The Morgan fingerprint density at radius 2 is 2.00 bits per heavy atom. The highest BCUT2D eigenvalue weighted by molar-refractivity contribution is 7.16. The summed E-state index contributed by atoms with van der Waals surface area (Å²) in [6.45, 7) is 2.17. The van der Waals surface area contributed by atoms with Crippen LogP contribution in [0.2, 0.25) is 5.02 Å². The molecule has 3 aromatic rings. The molecule has 3 rings (SSSR count). The average molecular weight is 307 g/mol. The number of halogens is 1. The van der Waals surface area contributed by atoms with E-state index in [4.69, 9.17) is 11.6 Å². The molecule has 0 atom stereocenters. The molecule has 0 fully saturated rings. The molecule has 0 aliphatic carbocycles. The number of unbranched alkanes of at least 4 members (excludes halogenated alkanes) is 1. The van der Waals surface area contributed by atoms with Crippen molar-refractivity contribution in [2.45, 2.75) is 32.6 Å². The van der Waals surface area contributed by atoms with Crippen molar-refractivity contribution in [1.29, 1.82) is 0 Å². The van der Waals surface area contributed by atoms with E-state index in [2.05, 4.69) is 22.2 Å². The molecular formula is C14H15ClN4S. The molecule has 20 heavy (non-hydrogen) atoms. The molecule has 0 spiro atoms. The molecule has 104 valence electrons. The minimum Gasteiger partial charge on any atom is -0.187 e. The first kappa shape index (κ1) is 13.5. The van der Waals surface area contributed by atoms with Gasteiger partial charge >= 0.3 is 0 Å². The number of benzene rings is 1. The molecule has 0 bridgehead atoms. The Bertz CT molecular complexity index is 702. The van der Waals surface area contributed by atoms with Crippen molar-refractivity contribution < 1.29 is 0 Å². The van der Waals surface area contributed by atoms with E-state index < -0.39 is 0 Å². The van der Waals surface area contributed by atoms with E-state index in [1.165, 1.54) is 5.56 Å². The highest BCUT2D eigenvalue weighted by Crippen LogP contribution is 2.19. The fraction of sp³-hybridized carbons (Fsp3) is 0.357. The van der Waals surface area contributed by atoms with E-state index in [0.29, 0.717) is 0 Å². The molecule has 0 aliphatic rings. The average Bonchev–Trinajstić information content (AvgIpc) is 2.99. The van der Waals surface area contributed by atoms with Crippen molar-refractivity contribution in [3.8, 4) is 0 Å². The zero-order valence-electron chi connectivity index (χ0n) is 11.2. The number of fused-ring (bicyclic) bond motifs is 1. The zero-order chi connectivity index (χ0) is 13.9. The lowest BCUT2D eigenvalue weighted by atomic mass is 10.2. The Kier molecular flexibility index (Phi) is 3.98. The maximum absolute atomic E-state index is 5.90. The van der Waals surface area contributed by atoms with Gasteiger partial charge in [0.2, 0.25) is 4.96 Å². The predicted molar refractivity (Wildman–Crippen MR) is 81.5 cm³/mol. The van der Waals surface area contributed by atoms with Crippen LogP contribution in [0.5, 0.6) is 0 Å².